The zero-order valence-electron chi connectivity index (χ0n) is 15.5. The number of nitrogens with one attached hydrogen (secondary N) is 1. The molecule has 1 aromatic carbocycles. The first-order chi connectivity index (χ1) is 12.8. The van der Waals surface area contributed by atoms with Crippen LogP contribution < -0.4 is 15.0 Å². The molecule has 0 radical (unpaired) electrons. The lowest BCUT2D eigenvalue weighted by Gasteiger charge is -2.18. The number of carbonyl (C=O) groups is 2. The summed E-state index contributed by atoms with van der Waals surface area (Å²) in [6.07, 6.45) is 1.50. The van der Waals surface area contributed by atoms with Crippen molar-refractivity contribution in [1.29, 1.82) is 0 Å². The number of nitrogens with zero attached hydrogens (tertiary/aromatic N) is 2. The fraction of sp³-hybridized carbons (Fsp3) is 0.350. The fourth-order valence-corrected chi connectivity index (χ4v) is 3.00. The van der Waals surface area contributed by atoms with Crippen LogP contribution in [0.2, 0.25) is 0 Å². The molecule has 0 unspecified atom stereocenters. The molecule has 2 heterocycles. The summed E-state index contributed by atoms with van der Waals surface area (Å²) in [5.41, 5.74) is 0.965. The lowest BCUT2D eigenvalue weighted by Crippen LogP contribution is -2.29. The van der Waals surface area contributed by atoms with E-state index < -0.39 is 11.7 Å². The minimum Gasteiger partial charge on any atom is -0.487 e. The molecule has 1 aliphatic rings. The summed E-state index contributed by atoms with van der Waals surface area (Å²) in [6.45, 7) is 5.65. The van der Waals surface area contributed by atoms with Crippen LogP contribution in [0.5, 0.6) is 5.75 Å². The van der Waals surface area contributed by atoms with Gasteiger partial charge in [-0.2, -0.15) is 0 Å². The molecule has 0 saturated carbocycles. The molecule has 0 aliphatic carbocycles. The smallest absolute Gasteiger partial charge is 0.231 e. The number of hydrogen-bond acceptors (Lipinski definition) is 4. The molecule has 1 saturated heterocycles. The highest BCUT2D eigenvalue weighted by atomic mass is 19.1. The number of halogens is 1. The van der Waals surface area contributed by atoms with Crippen molar-refractivity contribution in [2.45, 2.75) is 33.3 Å². The van der Waals surface area contributed by atoms with E-state index in [1.165, 1.54) is 11.0 Å². The van der Waals surface area contributed by atoms with Gasteiger partial charge in [0, 0.05) is 19.2 Å². The van der Waals surface area contributed by atoms with Gasteiger partial charge in [-0.3, -0.25) is 9.59 Å². The second-order valence-electron chi connectivity index (χ2n) is 6.87. The first-order valence-corrected chi connectivity index (χ1v) is 8.84. The number of rotatable bonds is 5. The molecule has 1 aliphatic heterocycles. The predicted octanol–water partition coefficient (Wildman–Crippen LogP) is 3.31. The van der Waals surface area contributed by atoms with E-state index in [0.29, 0.717) is 11.6 Å². The maximum Gasteiger partial charge on any atom is 0.231 e. The summed E-state index contributed by atoms with van der Waals surface area (Å²) in [4.78, 5) is 30.4. The van der Waals surface area contributed by atoms with E-state index >= 15 is 0 Å². The van der Waals surface area contributed by atoms with Gasteiger partial charge in [0.25, 0.3) is 0 Å². The molecule has 2 aromatic rings. The number of aryl methyl sites for hydroxylation is 1. The van der Waals surface area contributed by atoms with Crippen LogP contribution in [0.3, 0.4) is 0 Å². The van der Waals surface area contributed by atoms with Gasteiger partial charge < -0.3 is 15.0 Å². The van der Waals surface area contributed by atoms with Gasteiger partial charge >= 0.3 is 0 Å². The summed E-state index contributed by atoms with van der Waals surface area (Å²) in [7, 11) is 0. The van der Waals surface area contributed by atoms with E-state index in [9.17, 15) is 14.0 Å². The average molecular weight is 371 g/mol. The van der Waals surface area contributed by atoms with Crippen molar-refractivity contribution in [3.05, 3.63) is 47.9 Å². The minimum absolute atomic E-state index is 0.0202. The second-order valence-corrected chi connectivity index (χ2v) is 6.87. The van der Waals surface area contributed by atoms with Crippen LogP contribution in [-0.2, 0) is 9.59 Å². The van der Waals surface area contributed by atoms with Crippen molar-refractivity contribution in [2.75, 3.05) is 16.8 Å². The van der Waals surface area contributed by atoms with E-state index in [1.54, 1.807) is 37.4 Å². The third kappa shape index (κ3) is 4.24. The van der Waals surface area contributed by atoms with Crippen LogP contribution in [0.25, 0.3) is 0 Å². The van der Waals surface area contributed by atoms with Gasteiger partial charge in [-0.1, -0.05) is 6.07 Å². The number of hydrogen-bond donors (Lipinski definition) is 1. The van der Waals surface area contributed by atoms with Gasteiger partial charge in [0.1, 0.15) is 5.82 Å². The molecule has 1 aromatic heterocycles. The van der Waals surface area contributed by atoms with Crippen LogP contribution in [0.4, 0.5) is 15.9 Å². The summed E-state index contributed by atoms with van der Waals surface area (Å²) in [6, 6.07) is 8.11. The minimum atomic E-state index is -0.591. The molecule has 142 valence electrons. The number of carbonyl (C=O) groups excluding carboxylic acids is 2. The number of amides is 2. The third-order valence-corrected chi connectivity index (χ3v) is 4.26. The molecule has 0 bridgehead atoms. The lowest BCUT2D eigenvalue weighted by molar-refractivity contribution is -0.122. The number of anilines is 2. The Balaban J connectivity index is 1.73. The Bertz CT molecular complexity index is 869. The number of pyridine rings is 1. The molecule has 7 heteroatoms. The Morgan fingerprint density at radius 2 is 2.15 bits per heavy atom. The van der Waals surface area contributed by atoms with Crippen molar-refractivity contribution in [3.8, 4) is 5.75 Å². The molecule has 1 N–H and O–H groups in total. The zero-order chi connectivity index (χ0) is 19.6. The number of benzene rings is 1. The van der Waals surface area contributed by atoms with Crippen molar-refractivity contribution in [1.82, 2.24) is 4.98 Å². The Kier molecular flexibility index (Phi) is 5.39. The maximum absolute atomic E-state index is 14.2. The molecular weight excluding hydrogens is 349 g/mol. The van der Waals surface area contributed by atoms with Crippen LogP contribution >= 0.6 is 0 Å². The van der Waals surface area contributed by atoms with E-state index in [-0.39, 0.29) is 36.6 Å². The van der Waals surface area contributed by atoms with Gasteiger partial charge in [-0.05, 0) is 50.6 Å². The molecule has 2 amide bonds. The quantitative estimate of drug-likeness (QED) is 0.875. The lowest BCUT2D eigenvalue weighted by atomic mass is 10.1. The van der Waals surface area contributed by atoms with Crippen molar-refractivity contribution in [2.24, 2.45) is 5.92 Å². The molecule has 6 nitrogen and oxygen atoms in total. The first-order valence-electron chi connectivity index (χ1n) is 8.84. The van der Waals surface area contributed by atoms with E-state index in [4.69, 9.17) is 4.74 Å². The highest BCUT2D eigenvalue weighted by Crippen LogP contribution is 2.29. The van der Waals surface area contributed by atoms with Gasteiger partial charge in [-0.15, -0.1) is 0 Å². The monoisotopic (exact) mass is 371 g/mol. The largest absolute Gasteiger partial charge is 0.487 e. The van der Waals surface area contributed by atoms with E-state index in [2.05, 4.69) is 10.3 Å². The highest BCUT2D eigenvalue weighted by Gasteiger charge is 2.36. The SMILES string of the molecule is Cc1ccc(N2C[C@@H](C(=O)Nc3ncccc3OC(C)C)CC2=O)c(F)c1. The molecule has 1 fully saturated rings. The van der Waals surface area contributed by atoms with Crippen LogP contribution in [0.1, 0.15) is 25.8 Å². The Morgan fingerprint density at radius 1 is 1.37 bits per heavy atom. The normalized spacial score (nSPS) is 16.7. The molecular formula is C20H22FN3O3. The van der Waals surface area contributed by atoms with Crippen LogP contribution in [0, 0.1) is 18.7 Å². The maximum atomic E-state index is 14.2. The van der Waals surface area contributed by atoms with Gasteiger partial charge in [0.2, 0.25) is 11.8 Å². The Labute approximate surface area is 157 Å². The van der Waals surface area contributed by atoms with Gasteiger partial charge in [0.05, 0.1) is 17.7 Å². The summed E-state index contributed by atoms with van der Waals surface area (Å²) in [5.74, 6) is -0.910. The molecule has 1 atom stereocenters. The van der Waals surface area contributed by atoms with Gasteiger partial charge in [-0.25, -0.2) is 9.37 Å². The van der Waals surface area contributed by atoms with Crippen LogP contribution in [-0.4, -0.2) is 29.4 Å². The first kappa shape index (κ1) is 18.8. The summed E-state index contributed by atoms with van der Waals surface area (Å²) < 4.78 is 19.8. The van der Waals surface area contributed by atoms with Crippen LogP contribution in [0.15, 0.2) is 36.5 Å². The standard InChI is InChI=1S/C20H22FN3O3/c1-12(2)27-17-5-4-8-22-19(17)23-20(26)14-10-18(25)24(11-14)16-7-6-13(3)9-15(16)21/h4-9,12,14H,10-11H2,1-3H3,(H,22,23,26)/t14-/m0/s1. The number of aromatic nitrogens is 1. The molecule has 3 rings (SSSR count). The topological polar surface area (TPSA) is 71.5 Å². The van der Waals surface area contributed by atoms with Gasteiger partial charge in [0.15, 0.2) is 11.6 Å². The zero-order valence-corrected chi connectivity index (χ0v) is 15.5. The molecule has 27 heavy (non-hydrogen) atoms. The second kappa shape index (κ2) is 7.73. The third-order valence-electron chi connectivity index (χ3n) is 4.26. The summed E-state index contributed by atoms with van der Waals surface area (Å²) in [5, 5.41) is 2.73. The number of ether oxygens (including phenoxy) is 1. The van der Waals surface area contributed by atoms with Crippen molar-refractivity contribution < 1.29 is 18.7 Å². The Hall–Kier alpha value is -2.96. The van der Waals surface area contributed by atoms with E-state index in [0.717, 1.165) is 5.56 Å². The predicted molar refractivity (Wildman–Crippen MR) is 100 cm³/mol. The highest BCUT2D eigenvalue weighted by molar-refractivity contribution is 6.03. The van der Waals surface area contributed by atoms with Crippen molar-refractivity contribution in [3.63, 3.8) is 0 Å². The Morgan fingerprint density at radius 3 is 2.85 bits per heavy atom. The van der Waals surface area contributed by atoms with Crippen molar-refractivity contribution >= 4 is 23.3 Å². The summed E-state index contributed by atoms with van der Waals surface area (Å²) >= 11 is 0. The molecule has 0 spiro atoms. The fourth-order valence-electron chi connectivity index (χ4n) is 3.00. The average Bonchev–Trinajstić information content (AvgIpc) is 2.98. The van der Waals surface area contributed by atoms with E-state index in [1.807, 2.05) is 13.8 Å².